The molecule has 9 heteroatoms. The van der Waals surface area contributed by atoms with Crippen molar-refractivity contribution in [2.45, 2.75) is 11.5 Å². The SMILES string of the molecule is Cn1cnc(N)c1S(=O)(=O)NCC(F)F. The highest BCUT2D eigenvalue weighted by Gasteiger charge is 2.23. The Morgan fingerprint density at radius 3 is 2.67 bits per heavy atom. The second-order valence-electron chi connectivity index (χ2n) is 2.79. The summed E-state index contributed by atoms with van der Waals surface area (Å²) in [5, 5.41) is -0.317. The summed E-state index contributed by atoms with van der Waals surface area (Å²) in [7, 11) is -2.62. The number of nitrogens with one attached hydrogen (secondary N) is 1. The first-order valence-corrected chi connectivity index (χ1v) is 5.37. The van der Waals surface area contributed by atoms with E-state index in [9.17, 15) is 17.2 Å². The highest BCUT2D eigenvalue weighted by Crippen LogP contribution is 2.14. The van der Waals surface area contributed by atoms with Gasteiger partial charge in [0.2, 0.25) is 0 Å². The number of alkyl halides is 2. The Kier molecular flexibility index (Phi) is 3.25. The molecule has 0 saturated heterocycles. The third-order valence-corrected chi connectivity index (χ3v) is 3.14. The third-order valence-electron chi connectivity index (χ3n) is 1.59. The van der Waals surface area contributed by atoms with Gasteiger partial charge >= 0.3 is 0 Å². The number of rotatable bonds is 4. The first-order valence-electron chi connectivity index (χ1n) is 3.89. The number of hydrogen-bond acceptors (Lipinski definition) is 4. The van der Waals surface area contributed by atoms with Crippen molar-refractivity contribution in [2.75, 3.05) is 12.3 Å². The van der Waals surface area contributed by atoms with Crippen LogP contribution >= 0.6 is 0 Å². The number of aromatic nitrogens is 2. The molecule has 0 aliphatic carbocycles. The minimum Gasteiger partial charge on any atom is -0.381 e. The third kappa shape index (κ3) is 2.63. The summed E-state index contributed by atoms with van der Waals surface area (Å²) in [5.74, 6) is -0.223. The van der Waals surface area contributed by atoms with Crippen molar-refractivity contribution in [1.82, 2.24) is 14.3 Å². The number of nitrogens with two attached hydrogens (primary N) is 1. The summed E-state index contributed by atoms with van der Waals surface area (Å²) < 4.78 is 49.4. The number of anilines is 1. The van der Waals surface area contributed by atoms with Crippen molar-refractivity contribution >= 4 is 15.8 Å². The maximum absolute atomic E-state index is 11.8. The minimum atomic E-state index is -4.03. The molecule has 15 heavy (non-hydrogen) atoms. The number of halogens is 2. The molecule has 0 aliphatic rings. The van der Waals surface area contributed by atoms with Gasteiger partial charge in [-0.1, -0.05) is 0 Å². The predicted molar refractivity (Wildman–Crippen MR) is 48.8 cm³/mol. The molecule has 1 rings (SSSR count). The Hall–Kier alpha value is -1.22. The van der Waals surface area contributed by atoms with Gasteiger partial charge in [-0.25, -0.2) is 26.9 Å². The standard InChI is InChI=1S/C6H10F2N4O2S/c1-12-3-10-5(9)6(12)15(13,14)11-2-4(7)8/h3-4,11H,2,9H2,1H3. The van der Waals surface area contributed by atoms with Gasteiger partial charge in [0.05, 0.1) is 12.9 Å². The smallest absolute Gasteiger partial charge is 0.260 e. The number of sulfonamides is 1. The molecule has 0 bridgehead atoms. The van der Waals surface area contributed by atoms with Gasteiger partial charge in [0.25, 0.3) is 16.4 Å². The fourth-order valence-corrected chi connectivity index (χ4v) is 2.24. The van der Waals surface area contributed by atoms with Crippen LogP contribution in [0.3, 0.4) is 0 Å². The van der Waals surface area contributed by atoms with Gasteiger partial charge in [-0.3, -0.25) is 0 Å². The van der Waals surface area contributed by atoms with Crippen LogP contribution in [0.15, 0.2) is 11.4 Å². The van der Waals surface area contributed by atoms with Crippen molar-refractivity contribution in [2.24, 2.45) is 7.05 Å². The molecule has 0 aliphatic heterocycles. The normalized spacial score (nSPS) is 12.3. The van der Waals surface area contributed by atoms with Crippen molar-refractivity contribution in [3.63, 3.8) is 0 Å². The lowest BCUT2D eigenvalue weighted by atomic mass is 10.7. The molecule has 0 unspecified atom stereocenters. The average molecular weight is 240 g/mol. The summed E-state index contributed by atoms with van der Waals surface area (Å²) in [6, 6.07) is 0. The van der Waals surface area contributed by atoms with E-state index in [-0.39, 0.29) is 10.8 Å². The summed E-state index contributed by atoms with van der Waals surface area (Å²) in [6.45, 7) is -0.951. The molecule has 1 aromatic rings. The van der Waals surface area contributed by atoms with E-state index in [1.807, 2.05) is 0 Å². The molecule has 0 radical (unpaired) electrons. The molecular weight excluding hydrogens is 230 g/mol. The van der Waals surface area contributed by atoms with E-state index in [1.54, 1.807) is 4.72 Å². The Bertz CT molecular complexity index is 422. The number of aryl methyl sites for hydroxylation is 1. The van der Waals surface area contributed by atoms with E-state index in [4.69, 9.17) is 5.73 Å². The molecule has 3 N–H and O–H groups in total. The summed E-state index contributed by atoms with van der Waals surface area (Å²) in [6.07, 6.45) is -1.57. The van der Waals surface area contributed by atoms with E-state index in [2.05, 4.69) is 4.98 Å². The van der Waals surface area contributed by atoms with Crippen LogP contribution in [-0.2, 0) is 17.1 Å². The first-order chi connectivity index (χ1) is 6.84. The van der Waals surface area contributed by atoms with E-state index < -0.39 is 23.0 Å². The lowest BCUT2D eigenvalue weighted by Gasteiger charge is -2.06. The summed E-state index contributed by atoms with van der Waals surface area (Å²) >= 11 is 0. The zero-order chi connectivity index (χ0) is 11.6. The largest absolute Gasteiger partial charge is 0.381 e. The first kappa shape index (κ1) is 11.9. The zero-order valence-electron chi connectivity index (χ0n) is 7.81. The van der Waals surface area contributed by atoms with E-state index >= 15 is 0 Å². The summed E-state index contributed by atoms with van der Waals surface area (Å²) in [4.78, 5) is 3.54. The molecule has 1 heterocycles. The van der Waals surface area contributed by atoms with Gasteiger partial charge in [0, 0.05) is 7.05 Å². The number of hydrogen-bond donors (Lipinski definition) is 2. The highest BCUT2D eigenvalue weighted by molar-refractivity contribution is 7.89. The Morgan fingerprint density at radius 1 is 1.67 bits per heavy atom. The summed E-state index contributed by atoms with van der Waals surface area (Å²) in [5.41, 5.74) is 5.30. The van der Waals surface area contributed by atoms with Gasteiger partial charge in [0.1, 0.15) is 0 Å². The fourth-order valence-electron chi connectivity index (χ4n) is 1.01. The topological polar surface area (TPSA) is 90.0 Å². The number of nitrogen functional groups attached to an aromatic ring is 1. The Morgan fingerprint density at radius 2 is 2.27 bits per heavy atom. The van der Waals surface area contributed by atoms with Gasteiger partial charge in [-0.2, -0.15) is 0 Å². The molecule has 86 valence electrons. The molecule has 1 aromatic heterocycles. The molecule has 0 saturated carbocycles. The molecular formula is C6H10F2N4O2S. The van der Waals surface area contributed by atoms with E-state index in [0.29, 0.717) is 0 Å². The second kappa shape index (κ2) is 4.11. The molecule has 0 aromatic carbocycles. The molecule has 0 fully saturated rings. The fraction of sp³-hybridized carbons (Fsp3) is 0.500. The van der Waals surface area contributed by atoms with Crippen LogP contribution in [0.1, 0.15) is 0 Å². The van der Waals surface area contributed by atoms with Crippen LogP contribution in [0.5, 0.6) is 0 Å². The lowest BCUT2D eigenvalue weighted by Crippen LogP contribution is -2.30. The van der Waals surface area contributed by atoms with Gasteiger partial charge < -0.3 is 10.3 Å². The minimum absolute atomic E-state index is 0.223. The number of nitrogens with zero attached hydrogens (tertiary/aromatic N) is 2. The van der Waals surface area contributed by atoms with Crippen molar-refractivity contribution in [3.8, 4) is 0 Å². The lowest BCUT2D eigenvalue weighted by molar-refractivity contribution is 0.153. The monoisotopic (exact) mass is 240 g/mol. The van der Waals surface area contributed by atoms with Gasteiger partial charge in [-0.05, 0) is 0 Å². The molecule has 0 amide bonds. The second-order valence-corrected chi connectivity index (χ2v) is 4.47. The average Bonchev–Trinajstić information content (AvgIpc) is 2.43. The predicted octanol–water partition coefficient (Wildman–Crippen LogP) is -0.454. The van der Waals surface area contributed by atoms with Crippen LogP contribution in [0.25, 0.3) is 0 Å². The van der Waals surface area contributed by atoms with Gasteiger partial charge in [-0.15, -0.1) is 0 Å². The maximum Gasteiger partial charge on any atom is 0.260 e. The maximum atomic E-state index is 11.8. The highest BCUT2D eigenvalue weighted by atomic mass is 32.2. The van der Waals surface area contributed by atoms with E-state index in [1.165, 1.54) is 13.4 Å². The van der Waals surface area contributed by atoms with Crippen LogP contribution < -0.4 is 10.5 Å². The van der Waals surface area contributed by atoms with Crippen LogP contribution in [0.4, 0.5) is 14.6 Å². The van der Waals surface area contributed by atoms with Crippen molar-refractivity contribution < 1.29 is 17.2 Å². The molecule has 0 atom stereocenters. The number of imidazole rings is 1. The van der Waals surface area contributed by atoms with Gasteiger partial charge in [0.15, 0.2) is 10.8 Å². The zero-order valence-corrected chi connectivity index (χ0v) is 8.63. The van der Waals surface area contributed by atoms with Crippen molar-refractivity contribution in [3.05, 3.63) is 6.33 Å². The Balaban J connectivity index is 2.96. The van der Waals surface area contributed by atoms with Crippen LogP contribution in [-0.4, -0.2) is 30.9 Å². The van der Waals surface area contributed by atoms with Crippen LogP contribution in [0.2, 0.25) is 0 Å². The molecule has 0 spiro atoms. The van der Waals surface area contributed by atoms with E-state index in [0.717, 1.165) is 4.57 Å². The Labute approximate surface area is 85.1 Å². The van der Waals surface area contributed by atoms with Crippen LogP contribution in [0, 0.1) is 0 Å². The molecule has 6 nitrogen and oxygen atoms in total. The van der Waals surface area contributed by atoms with Crippen molar-refractivity contribution in [1.29, 1.82) is 0 Å². The quantitative estimate of drug-likeness (QED) is 0.745.